The molecule has 3 heterocycles. The topological polar surface area (TPSA) is 131 Å². The van der Waals surface area contributed by atoms with Gasteiger partial charge in [0.1, 0.15) is 11.7 Å². The summed E-state index contributed by atoms with van der Waals surface area (Å²) < 4.78 is 4.25. The number of H-pyrrole nitrogens is 1. The molecule has 4 N–H and O–H groups in total. The van der Waals surface area contributed by atoms with E-state index in [9.17, 15) is 14.4 Å². The molecule has 0 bridgehead atoms. The molecule has 1 atom stereocenters. The van der Waals surface area contributed by atoms with Crippen LogP contribution in [0.25, 0.3) is 22.3 Å². The Hall–Kier alpha value is -3.85. The number of fused-ring (bicyclic) bond motifs is 1. The molecule has 0 saturated carbocycles. The molecule has 30 heavy (non-hydrogen) atoms. The van der Waals surface area contributed by atoms with E-state index in [4.69, 9.17) is 5.73 Å². The highest BCUT2D eigenvalue weighted by Crippen LogP contribution is 2.23. The Kier molecular flexibility index (Phi) is 5.36. The zero-order valence-corrected chi connectivity index (χ0v) is 16.5. The van der Waals surface area contributed by atoms with Crippen LogP contribution in [0.1, 0.15) is 15.9 Å². The molecule has 0 radical (unpaired) electrons. The number of pyridine rings is 1. The van der Waals surface area contributed by atoms with Gasteiger partial charge in [-0.25, -0.2) is 0 Å². The summed E-state index contributed by atoms with van der Waals surface area (Å²) in [4.78, 5) is 44.3. The van der Waals surface area contributed by atoms with Crippen LogP contribution in [0.3, 0.4) is 0 Å². The SMILES string of the molecule is NC(=O)C(=O)C(Cc1c[nH]c2ccccc12)NC(=O)c1csnc1-c1ccccn1. The van der Waals surface area contributed by atoms with Gasteiger partial charge in [0, 0.05) is 35.1 Å². The average molecular weight is 419 g/mol. The van der Waals surface area contributed by atoms with Gasteiger partial charge in [0.25, 0.3) is 11.8 Å². The van der Waals surface area contributed by atoms with E-state index < -0.39 is 23.6 Å². The number of ketones is 1. The van der Waals surface area contributed by atoms with Crippen molar-refractivity contribution in [2.45, 2.75) is 12.5 Å². The standard InChI is InChI=1S/C21H17N5O3S/c22-20(28)19(27)17(9-12-10-24-15-6-2-1-5-13(12)15)25-21(29)14-11-30-26-18(14)16-7-3-4-8-23-16/h1-8,10-11,17,24H,9H2,(H2,22,28)(H,25,29). The predicted molar refractivity (Wildman–Crippen MR) is 113 cm³/mol. The van der Waals surface area contributed by atoms with Crippen molar-refractivity contribution in [3.63, 3.8) is 0 Å². The van der Waals surface area contributed by atoms with Crippen LogP contribution < -0.4 is 11.1 Å². The second-order valence-electron chi connectivity index (χ2n) is 6.61. The van der Waals surface area contributed by atoms with E-state index in [-0.39, 0.29) is 12.0 Å². The van der Waals surface area contributed by atoms with Crippen molar-refractivity contribution in [2.24, 2.45) is 5.73 Å². The molecule has 0 aliphatic heterocycles. The van der Waals surface area contributed by atoms with Gasteiger partial charge in [-0.2, -0.15) is 4.37 Å². The molecule has 150 valence electrons. The van der Waals surface area contributed by atoms with Gasteiger partial charge >= 0.3 is 0 Å². The number of aromatic amines is 1. The molecule has 1 aromatic carbocycles. The molecular formula is C21H17N5O3S. The van der Waals surface area contributed by atoms with E-state index in [1.807, 2.05) is 24.3 Å². The Balaban J connectivity index is 1.62. The molecule has 3 aromatic heterocycles. The van der Waals surface area contributed by atoms with Crippen LogP contribution in [-0.2, 0) is 16.0 Å². The van der Waals surface area contributed by atoms with Gasteiger partial charge in [0.15, 0.2) is 0 Å². The third-order valence-corrected chi connectivity index (χ3v) is 5.31. The number of rotatable bonds is 7. The number of carbonyl (C=O) groups excluding carboxylic acids is 3. The van der Waals surface area contributed by atoms with Crippen molar-refractivity contribution in [3.05, 3.63) is 71.4 Å². The lowest BCUT2D eigenvalue weighted by molar-refractivity contribution is -0.137. The quantitative estimate of drug-likeness (QED) is 0.395. The molecule has 2 amide bonds. The summed E-state index contributed by atoms with van der Waals surface area (Å²) in [6.07, 6.45) is 3.48. The molecule has 4 rings (SSSR count). The van der Waals surface area contributed by atoms with E-state index in [0.717, 1.165) is 28.0 Å². The maximum atomic E-state index is 12.9. The summed E-state index contributed by atoms with van der Waals surface area (Å²) in [5.41, 5.74) is 8.14. The molecular weight excluding hydrogens is 402 g/mol. The Morgan fingerprint density at radius 3 is 2.70 bits per heavy atom. The first-order valence-electron chi connectivity index (χ1n) is 9.10. The first-order chi connectivity index (χ1) is 14.5. The van der Waals surface area contributed by atoms with E-state index >= 15 is 0 Å². The highest BCUT2D eigenvalue weighted by atomic mass is 32.1. The number of aromatic nitrogens is 3. The molecule has 0 saturated heterocycles. The van der Waals surface area contributed by atoms with E-state index in [0.29, 0.717) is 11.4 Å². The number of amides is 2. The van der Waals surface area contributed by atoms with E-state index in [1.54, 1.807) is 36.0 Å². The number of nitrogens with two attached hydrogens (primary N) is 1. The molecule has 0 aliphatic rings. The molecule has 1 unspecified atom stereocenters. The van der Waals surface area contributed by atoms with Crippen molar-refractivity contribution in [2.75, 3.05) is 0 Å². The van der Waals surface area contributed by atoms with Crippen LogP contribution in [0.4, 0.5) is 0 Å². The fourth-order valence-corrected chi connectivity index (χ4v) is 3.90. The van der Waals surface area contributed by atoms with E-state index in [1.165, 1.54) is 0 Å². The molecule has 0 aliphatic carbocycles. The Morgan fingerprint density at radius 2 is 1.93 bits per heavy atom. The van der Waals surface area contributed by atoms with Gasteiger partial charge in [-0.05, 0) is 35.3 Å². The predicted octanol–water partition coefficient (Wildman–Crippen LogP) is 2.08. The Bertz CT molecular complexity index is 1230. The number of para-hydroxylation sites is 1. The van der Waals surface area contributed by atoms with Crippen molar-refractivity contribution < 1.29 is 14.4 Å². The maximum Gasteiger partial charge on any atom is 0.287 e. The lowest BCUT2D eigenvalue weighted by Gasteiger charge is -2.16. The molecule has 4 aromatic rings. The maximum absolute atomic E-state index is 12.9. The van der Waals surface area contributed by atoms with Crippen LogP contribution in [0, 0.1) is 0 Å². The molecule has 8 nitrogen and oxygen atoms in total. The number of hydrogen-bond acceptors (Lipinski definition) is 6. The van der Waals surface area contributed by atoms with Crippen molar-refractivity contribution >= 4 is 40.0 Å². The molecule has 0 spiro atoms. The van der Waals surface area contributed by atoms with Crippen LogP contribution in [0.5, 0.6) is 0 Å². The minimum Gasteiger partial charge on any atom is -0.363 e. The largest absolute Gasteiger partial charge is 0.363 e. The van der Waals surface area contributed by atoms with Crippen LogP contribution in [0.2, 0.25) is 0 Å². The van der Waals surface area contributed by atoms with Crippen LogP contribution in [-0.4, -0.2) is 38.0 Å². The van der Waals surface area contributed by atoms with Gasteiger partial charge in [-0.15, -0.1) is 0 Å². The minimum atomic E-state index is -1.11. The zero-order chi connectivity index (χ0) is 21.1. The van der Waals surface area contributed by atoms with Gasteiger partial charge in [-0.3, -0.25) is 19.4 Å². The van der Waals surface area contributed by atoms with Gasteiger partial charge in [-0.1, -0.05) is 24.3 Å². The first-order valence-corrected chi connectivity index (χ1v) is 9.93. The van der Waals surface area contributed by atoms with Crippen molar-refractivity contribution in [1.29, 1.82) is 0 Å². The monoisotopic (exact) mass is 419 g/mol. The number of hydrogen-bond donors (Lipinski definition) is 3. The average Bonchev–Trinajstić information content (AvgIpc) is 3.41. The summed E-state index contributed by atoms with van der Waals surface area (Å²) in [5.74, 6) is -2.49. The van der Waals surface area contributed by atoms with Crippen molar-refractivity contribution in [1.82, 2.24) is 19.7 Å². The Labute approximate surface area is 175 Å². The minimum absolute atomic E-state index is 0.119. The highest BCUT2D eigenvalue weighted by Gasteiger charge is 2.28. The fourth-order valence-electron chi connectivity index (χ4n) is 3.22. The smallest absolute Gasteiger partial charge is 0.287 e. The molecule has 0 fully saturated rings. The van der Waals surface area contributed by atoms with E-state index in [2.05, 4.69) is 19.7 Å². The summed E-state index contributed by atoms with van der Waals surface area (Å²) >= 11 is 1.11. The summed E-state index contributed by atoms with van der Waals surface area (Å²) in [7, 11) is 0. The third kappa shape index (κ3) is 3.83. The lowest BCUT2D eigenvalue weighted by atomic mass is 10.0. The van der Waals surface area contributed by atoms with Gasteiger partial charge in [0.2, 0.25) is 5.78 Å². The highest BCUT2D eigenvalue weighted by molar-refractivity contribution is 7.04. The number of nitrogens with one attached hydrogen (secondary N) is 2. The number of nitrogens with zero attached hydrogens (tertiary/aromatic N) is 2. The summed E-state index contributed by atoms with van der Waals surface area (Å²) in [5, 5.41) is 5.13. The third-order valence-electron chi connectivity index (χ3n) is 4.69. The fraction of sp³-hybridized carbons (Fsp3) is 0.0952. The van der Waals surface area contributed by atoms with Gasteiger partial charge < -0.3 is 16.0 Å². The number of benzene rings is 1. The Morgan fingerprint density at radius 1 is 1.13 bits per heavy atom. The normalized spacial score (nSPS) is 11.9. The number of primary amides is 1. The second kappa shape index (κ2) is 8.26. The first kappa shape index (κ1) is 19.5. The molecule has 9 heteroatoms. The van der Waals surface area contributed by atoms with Crippen LogP contribution >= 0.6 is 11.5 Å². The zero-order valence-electron chi connectivity index (χ0n) is 15.7. The number of Topliss-reactive ketones (excluding diaryl/α,β-unsaturated/α-hetero) is 1. The number of carbonyl (C=O) groups is 3. The summed E-state index contributed by atoms with van der Waals surface area (Å²) in [6.45, 7) is 0. The second-order valence-corrected chi connectivity index (χ2v) is 7.24. The van der Waals surface area contributed by atoms with Gasteiger partial charge in [0.05, 0.1) is 11.3 Å². The van der Waals surface area contributed by atoms with Crippen LogP contribution in [0.15, 0.2) is 60.2 Å². The van der Waals surface area contributed by atoms with Crippen molar-refractivity contribution in [3.8, 4) is 11.4 Å². The summed E-state index contributed by atoms with van der Waals surface area (Å²) in [6, 6.07) is 11.8. The lowest BCUT2D eigenvalue weighted by Crippen LogP contribution is -2.47.